The third-order valence-corrected chi connectivity index (χ3v) is 4.63. The van der Waals surface area contributed by atoms with E-state index in [0.717, 1.165) is 16.8 Å². The molecule has 1 fully saturated rings. The second-order valence-corrected chi connectivity index (χ2v) is 6.57. The molecule has 0 spiro atoms. The molecule has 2 aromatic carbocycles. The largest absolute Gasteiger partial charge is 0.324 e. The number of halogens is 1. The molecule has 24 heavy (non-hydrogen) atoms. The van der Waals surface area contributed by atoms with Crippen LogP contribution in [0.2, 0.25) is 5.02 Å². The third kappa shape index (κ3) is 3.29. The number of para-hydroxylation sites is 1. The van der Waals surface area contributed by atoms with Crippen molar-refractivity contribution in [3.63, 3.8) is 0 Å². The lowest BCUT2D eigenvalue weighted by Crippen LogP contribution is -2.28. The lowest BCUT2D eigenvalue weighted by atomic mass is 10.1. The number of carbonyl (C=O) groups excluding carboxylic acids is 2. The molecule has 1 saturated heterocycles. The normalized spacial score (nSPS) is 17.2. The molecule has 0 saturated carbocycles. The first kappa shape index (κ1) is 16.5. The molecule has 2 amide bonds. The van der Waals surface area contributed by atoms with Crippen molar-refractivity contribution >= 4 is 34.8 Å². The standard InChI is InChI=1S/C19H19ClN2O2/c1-12-6-8-15(9-7-12)22-11-14(10-17(22)23)19(24)21-18-13(2)4-3-5-16(18)20/h3-9,14H,10-11H2,1-2H3,(H,21,24). The van der Waals surface area contributed by atoms with E-state index in [9.17, 15) is 9.59 Å². The Morgan fingerprint density at radius 3 is 2.54 bits per heavy atom. The summed E-state index contributed by atoms with van der Waals surface area (Å²) < 4.78 is 0. The molecule has 1 atom stereocenters. The van der Waals surface area contributed by atoms with Crippen molar-refractivity contribution in [2.45, 2.75) is 20.3 Å². The van der Waals surface area contributed by atoms with Gasteiger partial charge in [-0.1, -0.05) is 41.4 Å². The van der Waals surface area contributed by atoms with Gasteiger partial charge < -0.3 is 10.2 Å². The maximum absolute atomic E-state index is 12.5. The highest BCUT2D eigenvalue weighted by Gasteiger charge is 2.35. The average molecular weight is 343 g/mol. The molecular weight excluding hydrogens is 324 g/mol. The van der Waals surface area contributed by atoms with Crippen LogP contribution in [0.5, 0.6) is 0 Å². The highest BCUT2D eigenvalue weighted by molar-refractivity contribution is 6.34. The summed E-state index contributed by atoms with van der Waals surface area (Å²) in [6, 6.07) is 13.2. The monoisotopic (exact) mass is 342 g/mol. The molecule has 4 nitrogen and oxygen atoms in total. The smallest absolute Gasteiger partial charge is 0.229 e. The van der Waals surface area contributed by atoms with E-state index < -0.39 is 0 Å². The highest BCUT2D eigenvalue weighted by Crippen LogP contribution is 2.29. The summed E-state index contributed by atoms with van der Waals surface area (Å²) in [5.41, 5.74) is 3.48. The van der Waals surface area contributed by atoms with Gasteiger partial charge in [0.2, 0.25) is 11.8 Å². The fourth-order valence-corrected chi connectivity index (χ4v) is 3.14. The number of anilines is 2. The minimum absolute atomic E-state index is 0.0325. The molecule has 5 heteroatoms. The Labute approximate surface area is 146 Å². The summed E-state index contributed by atoms with van der Waals surface area (Å²) in [6.07, 6.45) is 0.212. The van der Waals surface area contributed by atoms with Crippen molar-refractivity contribution in [1.29, 1.82) is 0 Å². The molecular formula is C19H19ClN2O2. The first-order chi connectivity index (χ1) is 11.5. The molecule has 0 bridgehead atoms. The van der Waals surface area contributed by atoms with Crippen LogP contribution in [-0.4, -0.2) is 18.4 Å². The summed E-state index contributed by atoms with van der Waals surface area (Å²) in [5, 5.41) is 3.38. The maximum Gasteiger partial charge on any atom is 0.229 e. The van der Waals surface area contributed by atoms with Gasteiger partial charge in [-0.15, -0.1) is 0 Å². The van der Waals surface area contributed by atoms with Crippen molar-refractivity contribution in [2.75, 3.05) is 16.8 Å². The van der Waals surface area contributed by atoms with Crippen LogP contribution in [0, 0.1) is 19.8 Å². The van der Waals surface area contributed by atoms with E-state index in [0.29, 0.717) is 17.3 Å². The molecule has 1 heterocycles. The SMILES string of the molecule is Cc1ccc(N2CC(C(=O)Nc3c(C)cccc3Cl)CC2=O)cc1. The Morgan fingerprint density at radius 2 is 1.88 bits per heavy atom. The second kappa shape index (κ2) is 6.65. The van der Waals surface area contributed by atoms with E-state index in [1.165, 1.54) is 0 Å². The fraction of sp³-hybridized carbons (Fsp3) is 0.263. The Bertz CT molecular complexity index is 766. The number of rotatable bonds is 3. The minimum Gasteiger partial charge on any atom is -0.324 e. The van der Waals surface area contributed by atoms with Crippen LogP contribution in [-0.2, 0) is 9.59 Å². The van der Waals surface area contributed by atoms with E-state index in [1.54, 1.807) is 11.0 Å². The van der Waals surface area contributed by atoms with E-state index >= 15 is 0 Å². The van der Waals surface area contributed by atoms with Gasteiger partial charge in [0.05, 0.1) is 16.6 Å². The van der Waals surface area contributed by atoms with Crippen LogP contribution in [0.3, 0.4) is 0 Å². The number of amides is 2. The summed E-state index contributed by atoms with van der Waals surface area (Å²) in [6.45, 7) is 4.27. The zero-order valence-electron chi connectivity index (χ0n) is 13.7. The van der Waals surface area contributed by atoms with Gasteiger partial charge in [-0.3, -0.25) is 9.59 Å². The van der Waals surface area contributed by atoms with Crippen molar-refractivity contribution < 1.29 is 9.59 Å². The molecule has 3 rings (SSSR count). The predicted molar refractivity (Wildman–Crippen MR) is 96.5 cm³/mol. The van der Waals surface area contributed by atoms with Crippen molar-refractivity contribution in [3.05, 3.63) is 58.6 Å². The van der Waals surface area contributed by atoms with E-state index in [-0.39, 0.29) is 24.2 Å². The molecule has 1 aliphatic heterocycles. The third-order valence-electron chi connectivity index (χ3n) is 4.31. The Balaban J connectivity index is 1.73. The lowest BCUT2D eigenvalue weighted by molar-refractivity contribution is -0.122. The highest BCUT2D eigenvalue weighted by atomic mass is 35.5. The molecule has 0 aromatic heterocycles. The topological polar surface area (TPSA) is 49.4 Å². The summed E-state index contributed by atoms with van der Waals surface area (Å²) in [5.74, 6) is -0.585. The molecule has 1 N–H and O–H groups in total. The molecule has 1 aliphatic rings. The maximum atomic E-state index is 12.5. The van der Waals surface area contributed by atoms with Gasteiger partial charge in [0.25, 0.3) is 0 Å². The lowest BCUT2D eigenvalue weighted by Gasteiger charge is -2.17. The fourth-order valence-electron chi connectivity index (χ4n) is 2.87. The molecule has 2 aromatic rings. The summed E-state index contributed by atoms with van der Waals surface area (Å²) in [7, 11) is 0. The van der Waals surface area contributed by atoms with Crippen LogP contribution in [0.25, 0.3) is 0 Å². The zero-order valence-corrected chi connectivity index (χ0v) is 14.4. The number of carbonyl (C=O) groups is 2. The van der Waals surface area contributed by atoms with Gasteiger partial charge in [-0.05, 0) is 37.6 Å². The number of nitrogens with one attached hydrogen (secondary N) is 1. The Hall–Kier alpha value is -2.33. The second-order valence-electron chi connectivity index (χ2n) is 6.16. The van der Waals surface area contributed by atoms with E-state index in [1.807, 2.05) is 50.2 Å². The van der Waals surface area contributed by atoms with Crippen molar-refractivity contribution in [3.8, 4) is 0 Å². The van der Waals surface area contributed by atoms with Gasteiger partial charge in [0, 0.05) is 18.7 Å². The zero-order chi connectivity index (χ0) is 17.3. The number of hydrogen-bond acceptors (Lipinski definition) is 2. The number of nitrogens with zero attached hydrogens (tertiary/aromatic N) is 1. The van der Waals surface area contributed by atoms with Crippen molar-refractivity contribution in [1.82, 2.24) is 0 Å². The Kier molecular flexibility index (Phi) is 4.58. The van der Waals surface area contributed by atoms with Crippen molar-refractivity contribution in [2.24, 2.45) is 5.92 Å². The molecule has 0 aliphatic carbocycles. The first-order valence-corrected chi connectivity index (χ1v) is 8.26. The van der Waals surface area contributed by atoms with Gasteiger partial charge in [0.15, 0.2) is 0 Å². The van der Waals surface area contributed by atoms with Crippen LogP contribution < -0.4 is 10.2 Å². The van der Waals surface area contributed by atoms with Crippen LogP contribution in [0.4, 0.5) is 11.4 Å². The van der Waals surface area contributed by atoms with Gasteiger partial charge >= 0.3 is 0 Å². The van der Waals surface area contributed by atoms with E-state index in [4.69, 9.17) is 11.6 Å². The van der Waals surface area contributed by atoms with Gasteiger partial charge in [-0.2, -0.15) is 0 Å². The number of aryl methyl sites for hydroxylation is 2. The first-order valence-electron chi connectivity index (χ1n) is 7.88. The number of benzene rings is 2. The van der Waals surface area contributed by atoms with Crippen LogP contribution in [0.1, 0.15) is 17.5 Å². The van der Waals surface area contributed by atoms with Crippen LogP contribution in [0.15, 0.2) is 42.5 Å². The Morgan fingerprint density at radius 1 is 1.17 bits per heavy atom. The average Bonchev–Trinajstić information content (AvgIpc) is 2.94. The molecule has 124 valence electrons. The summed E-state index contributed by atoms with van der Waals surface area (Å²) in [4.78, 5) is 26.5. The predicted octanol–water partition coefficient (Wildman–Crippen LogP) is 3.95. The van der Waals surface area contributed by atoms with Gasteiger partial charge in [0.1, 0.15) is 0 Å². The quantitative estimate of drug-likeness (QED) is 0.918. The van der Waals surface area contributed by atoms with Gasteiger partial charge in [-0.25, -0.2) is 0 Å². The van der Waals surface area contributed by atoms with E-state index in [2.05, 4.69) is 5.32 Å². The minimum atomic E-state index is -0.380. The molecule has 1 unspecified atom stereocenters. The number of hydrogen-bond donors (Lipinski definition) is 1. The summed E-state index contributed by atoms with van der Waals surface area (Å²) >= 11 is 6.16. The van der Waals surface area contributed by atoms with Crippen LogP contribution >= 0.6 is 11.6 Å². The molecule has 0 radical (unpaired) electrons.